The number of hydrogen-bond donors (Lipinski definition) is 2. The largest absolute Gasteiger partial charge is 0.394 e. The molecule has 0 fully saturated rings. The van der Waals surface area contributed by atoms with Crippen molar-refractivity contribution in [3.8, 4) is 0 Å². The molecule has 1 aromatic rings. The number of nitrogens with one attached hydrogen (secondary N) is 1. The minimum absolute atomic E-state index is 0.315. The quantitative estimate of drug-likeness (QED) is 0.730. The molecule has 1 amide bonds. The third-order valence-electron chi connectivity index (χ3n) is 2.32. The topological polar surface area (TPSA) is 71.5 Å². The van der Waals surface area contributed by atoms with Crippen molar-refractivity contribution in [3.63, 3.8) is 0 Å². The monoisotopic (exact) mass is 260 g/mol. The third-order valence-corrected chi connectivity index (χ3v) is 2.32. The van der Waals surface area contributed by atoms with Gasteiger partial charge < -0.3 is 15.2 Å². The van der Waals surface area contributed by atoms with E-state index in [2.05, 4.69) is 10.3 Å². The van der Waals surface area contributed by atoms with Crippen LogP contribution in [-0.4, -0.2) is 42.4 Å². The number of ether oxygens (including phenoxy) is 1. The van der Waals surface area contributed by atoms with Gasteiger partial charge in [-0.25, -0.2) is 9.37 Å². The normalized spacial score (nSPS) is 12.2. The van der Waals surface area contributed by atoms with Crippen LogP contribution in [0.4, 0.5) is 8.78 Å². The van der Waals surface area contributed by atoms with Crippen LogP contribution in [0.1, 0.15) is 16.8 Å². The van der Waals surface area contributed by atoms with Crippen LogP contribution in [0.2, 0.25) is 0 Å². The van der Waals surface area contributed by atoms with E-state index in [9.17, 15) is 13.6 Å². The summed E-state index contributed by atoms with van der Waals surface area (Å²) in [6.07, 6.45) is 1.37. The molecule has 0 bridgehead atoms. The van der Waals surface area contributed by atoms with Crippen molar-refractivity contribution >= 4 is 5.91 Å². The zero-order valence-corrected chi connectivity index (χ0v) is 9.82. The summed E-state index contributed by atoms with van der Waals surface area (Å²) in [6, 6.07) is 0.492. The number of carbonyl (C=O) groups is 1. The molecule has 0 aliphatic heterocycles. The van der Waals surface area contributed by atoms with Crippen LogP contribution < -0.4 is 5.32 Å². The molecule has 1 atom stereocenters. The van der Waals surface area contributed by atoms with Gasteiger partial charge in [-0.1, -0.05) is 0 Å². The Labute approximate surface area is 103 Å². The van der Waals surface area contributed by atoms with Crippen molar-refractivity contribution in [2.45, 2.75) is 12.5 Å². The zero-order chi connectivity index (χ0) is 13.5. The molecule has 18 heavy (non-hydrogen) atoms. The molecule has 0 radical (unpaired) electrons. The van der Waals surface area contributed by atoms with Gasteiger partial charge in [0, 0.05) is 19.9 Å². The van der Waals surface area contributed by atoms with Crippen LogP contribution in [0.15, 0.2) is 12.3 Å². The number of methoxy groups -OCH3 is 1. The molecular formula is C11H14F2N2O3. The molecule has 7 heteroatoms. The van der Waals surface area contributed by atoms with Crippen molar-refractivity contribution in [1.82, 2.24) is 10.3 Å². The molecule has 1 rings (SSSR count). The highest BCUT2D eigenvalue weighted by Gasteiger charge is 2.18. The standard InChI is InChI=1S/C11H14F2N2O3/c1-18-5-3-7(6-16)15-11(17)8-2-4-14-10(13)9(8)12/h2,4,7,16H,3,5-6H2,1H3,(H,15,17). The second kappa shape index (κ2) is 6.97. The Morgan fingerprint density at radius 1 is 1.61 bits per heavy atom. The maximum atomic E-state index is 13.3. The zero-order valence-electron chi connectivity index (χ0n) is 9.82. The fourth-order valence-corrected chi connectivity index (χ4v) is 1.33. The van der Waals surface area contributed by atoms with Crippen LogP contribution in [0.25, 0.3) is 0 Å². The number of halogens is 2. The molecule has 5 nitrogen and oxygen atoms in total. The second-order valence-corrected chi connectivity index (χ2v) is 3.60. The Kier molecular flexibility index (Phi) is 5.60. The number of hydrogen-bond acceptors (Lipinski definition) is 4. The summed E-state index contributed by atoms with van der Waals surface area (Å²) >= 11 is 0. The average molecular weight is 260 g/mol. The lowest BCUT2D eigenvalue weighted by Gasteiger charge is -2.15. The highest BCUT2D eigenvalue weighted by atomic mass is 19.2. The predicted molar refractivity (Wildman–Crippen MR) is 59.0 cm³/mol. The molecule has 1 unspecified atom stereocenters. The number of rotatable bonds is 6. The molecule has 0 aliphatic carbocycles. The number of nitrogens with zero attached hydrogens (tertiary/aromatic N) is 1. The molecule has 0 saturated carbocycles. The predicted octanol–water partition coefficient (Wildman–Crippen LogP) is 0.487. The smallest absolute Gasteiger partial charge is 0.254 e. The Morgan fingerprint density at radius 2 is 2.33 bits per heavy atom. The number of pyridine rings is 1. The fraction of sp³-hybridized carbons (Fsp3) is 0.455. The van der Waals surface area contributed by atoms with Gasteiger partial charge in [-0.15, -0.1) is 0 Å². The van der Waals surface area contributed by atoms with Crippen LogP contribution in [-0.2, 0) is 4.74 Å². The van der Waals surface area contributed by atoms with Crippen molar-refractivity contribution in [2.24, 2.45) is 0 Å². The summed E-state index contributed by atoms with van der Waals surface area (Å²) in [5.41, 5.74) is -0.446. The van der Waals surface area contributed by atoms with E-state index in [4.69, 9.17) is 9.84 Å². The Bertz CT molecular complexity index is 415. The summed E-state index contributed by atoms with van der Waals surface area (Å²) < 4.78 is 30.9. The van der Waals surface area contributed by atoms with Gasteiger partial charge in [-0.3, -0.25) is 4.79 Å². The van der Waals surface area contributed by atoms with E-state index in [-0.39, 0.29) is 6.61 Å². The molecule has 0 aliphatic rings. The van der Waals surface area contributed by atoms with E-state index in [0.717, 1.165) is 12.3 Å². The summed E-state index contributed by atoms with van der Waals surface area (Å²) in [5, 5.41) is 11.4. The van der Waals surface area contributed by atoms with E-state index >= 15 is 0 Å². The van der Waals surface area contributed by atoms with Gasteiger partial charge in [-0.2, -0.15) is 4.39 Å². The van der Waals surface area contributed by atoms with Gasteiger partial charge in [-0.05, 0) is 12.5 Å². The van der Waals surface area contributed by atoms with Crippen LogP contribution in [0, 0.1) is 11.8 Å². The molecular weight excluding hydrogens is 246 g/mol. The van der Waals surface area contributed by atoms with Gasteiger partial charge in [0.25, 0.3) is 5.91 Å². The number of carbonyl (C=O) groups excluding carboxylic acids is 1. The molecule has 0 aromatic carbocycles. The van der Waals surface area contributed by atoms with Gasteiger partial charge in [0.15, 0.2) is 5.82 Å². The molecule has 1 heterocycles. The lowest BCUT2D eigenvalue weighted by molar-refractivity contribution is 0.0889. The second-order valence-electron chi connectivity index (χ2n) is 3.60. The first-order valence-electron chi connectivity index (χ1n) is 5.30. The van der Waals surface area contributed by atoms with Gasteiger partial charge in [0.2, 0.25) is 5.95 Å². The Hall–Kier alpha value is -1.60. The average Bonchev–Trinajstić information content (AvgIpc) is 2.37. The highest BCUT2D eigenvalue weighted by molar-refractivity contribution is 5.94. The van der Waals surface area contributed by atoms with E-state index in [0.29, 0.717) is 13.0 Å². The highest BCUT2D eigenvalue weighted by Crippen LogP contribution is 2.09. The summed E-state index contributed by atoms with van der Waals surface area (Å²) in [4.78, 5) is 14.7. The van der Waals surface area contributed by atoms with Crippen LogP contribution in [0.3, 0.4) is 0 Å². The van der Waals surface area contributed by atoms with E-state index in [1.165, 1.54) is 7.11 Å². The first kappa shape index (κ1) is 14.5. The summed E-state index contributed by atoms with van der Waals surface area (Å²) in [6.45, 7) is 0.0168. The minimum Gasteiger partial charge on any atom is -0.394 e. The lowest BCUT2D eigenvalue weighted by Crippen LogP contribution is -2.38. The Balaban J connectivity index is 2.72. The maximum absolute atomic E-state index is 13.3. The first-order chi connectivity index (χ1) is 8.60. The Morgan fingerprint density at radius 3 is 2.94 bits per heavy atom. The van der Waals surface area contributed by atoms with E-state index in [1.807, 2.05) is 0 Å². The number of amides is 1. The number of aromatic nitrogens is 1. The van der Waals surface area contributed by atoms with Crippen molar-refractivity contribution < 1.29 is 23.4 Å². The van der Waals surface area contributed by atoms with Crippen LogP contribution in [0.5, 0.6) is 0 Å². The summed E-state index contributed by atoms with van der Waals surface area (Å²) in [5.74, 6) is -3.44. The van der Waals surface area contributed by atoms with Gasteiger partial charge >= 0.3 is 0 Å². The third kappa shape index (κ3) is 3.71. The minimum atomic E-state index is -1.33. The van der Waals surface area contributed by atoms with Crippen LogP contribution >= 0.6 is 0 Å². The van der Waals surface area contributed by atoms with Crippen molar-refractivity contribution in [1.29, 1.82) is 0 Å². The summed E-state index contributed by atoms with van der Waals surface area (Å²) in [7, 11) is 1.48. The van der Waals surface area contributed by atoms with Gasteiger partial charge in [0.05, 0.1) is 18.2 Å². The number of aliphatic hydroxyl groups excluding tert-OH is 1. The van der Waals surface area contributed by atoms with Crippen molar-refractivity contribution in [3.05, 3.63) is 29.6 Å². The SMILES string of the molecule is COCCC(CO)NC(=O)c1ccnc(F)c1F. The first-order valence-corrected chi connectivity index (χ1v) is 5.30. The van der Waals surface area contributed by atoms with Crippen molar-refractivity contribution in [2.75, 3.05) is 20.3 Å². The molecule has 2 N–H and O–H groups in total. The molecule has 0 spiro atoms. The van der Waals surface area contributed by atoms with E-state index in [1.54, 1.807) is 0 Å². The number of aliphatic hydroxyl groups is 1. The maximum Gasteiger partial charge on any atom is 0.254 e. The lowest BCUT2D eigenvalue weighted by atomic mass is 10.2. The molecule has 0 saturated heterocycles. The van der Waals surface area contributed by atoms with E-state index < -0.39 is 29.3 Å². The molecule has 1 aromatic heterocycles. The fourth-order valence-electron chi connectivity index (χ4n) is 1.33. The molecule has 100 valence electrons. The van der Waals surface area contributed by atoms with Gasteiger partial charge in [0.1, 0.15) is 0 Å².